The van der Waals surface area contributed by atoms with Gasteiger partial charge in [0.15, 0.2) is 5.75 Å². The van der Waals surface area contributed by atoms with E-state index in [2.05, 4.69) is 15.4 Å². The van der Waals surface area contributed by atoms with Crippen LogP contribution in [0.25, 0.3) is 11.1 Å². The molecule has 0 bridgehead atoms. The summed E-state index contributed by atoms with van der Waals surface area (Å²) in [6.45, 7) is 6.30. The molecular weight excluding hydrogens is 466 g/mol. The number of methoxy groups -OCH3 is 1. The highest BCUT2D eigenvalue weighted by molar-refractivity contribution is 7.92. The maximum absolute atomic E-state index is 13.2. The predicted molar refractivity (Wildman–Crippen MR) is 139 cm³/mol. The molecule has 0 fully saturated rings. The number of phenols is 1. The van der Waals surface area contributed by atoms with Crippen molar-refractivity contribution in [3.63, 3.8) is 0 Å². The molecule has 35 heavy (non-hydrogen) atoms. The van der Waals surface area contributed by atoms with Crippen molar-refractivity contribution in [1.82, 2.24) is 5.32 Å². The van der Waals surface area contributed by atoms with Crippen LogP contribution < -0.4 is 20.1 Å². The van der Waals surface area contributed by atoms with E-state index >= 15 is 0 Å². The van der Waals surface area contributed by atoms with Crippen molar-refractivity contribution in [1.29, 1.82) is 0 Å². The molecule has 1 atom stereocenters. The molecule has 3 aromatic carbocycles. The molecule has 0 radical (unpaired) electrons. The van der Waals surface area contributed by atoms with E-state index in [-0.39, 0.29) is 5.75 Å². The fourth-order valence-corrected chi connectivity index (χ4v) is 4.27. The van der Waals surface area contributed by atoms with E-state index in [9.17, 15) is 14.5 Å². The molecule has 1 unspecified atom stereocenters. The average Bonchev–Trinajstić information content (AvgIpc) is 2.81. The van der Waals surface area contributed by atoms with E-state index in [4.69, 9.17) is 9.47 Å². The van der Waals surface area contributed by atoms with Gasteiger partial charge in [0.25, 0.3) is 0 Å². The van der Waals surface area contributed by atoms with Gasteiger partial charge in [-0.25, -0.2) is 9.52 Å². The molecule has 0 saturated carbocycles. The molecule has 0 saturated heterocycles. The van der Waals surface area contributed by atoms with Gasteiger partial charge < -0.3 is 29.8 Å². The Bertz CT molecular complexity index is 1150. The Morgan fingerprint density at radius 2 is 1.74 bits per heavy atom. The fraction of sp³-hybridized carbons (Fsp3) is 0.269. The summed E-state index contributed by atoms with van der Waals surface area (Å²) in [6.07, 6.45) is -0.467. The average molecular weight is 498 g/mol. The van der Waals surface area contributed by atoms with Crippen molar-refractivity contribution in [2.45, 2.75) is 31.3 Å². The van der Waals surface area contributed by atoms with E-state index < -0.39 is 23.1 Å². The van der Waals surface area contributed by atoms with Gasteiger partial charge in [0.2, 0.25) is 4.90 Å². The largest absolute Gasteiger partial charge is 0.588 e. The van der Waals surface area contributed by atoms with Gasteiger partial charge in [0, 0.05) is 30.4 Å². The summed E-state index contributed by atoms with van der Waals surface area (Å²) in [6, 6.07) is 19.6. The minimum absolute atomic E-state index is 0.141. The summed E-state index contributed by atoms with van der Waals surface area (Å²) >= 11 is -1.63. The second-order valence-corrected chi connectivity index (χ2v) is 9.87. The molecule has 8 nitrogen and oxygen atoms in total. The summed E-state index contributed by atoms with van der Waals surface area (Å²) in [4.78, 5) is 12.2. The molecule has 1 amide bonds. The number of aromatic hydroxyl groups is 1. The summed E-state index contributed by atoms with van der Waals surface area (Å²) in [5.41, 5.74) is 2.26. The van der Waals surface area contributed by atoms with E-state index in [1.807, 2.05) is 51.1 Å². The van der Waals surface area contributed by atoms with Gasteiger partial charge in [-0.05, 0) is 56.7 Å². The quantitative estimate of drug-likeness (QED) is 0.239. The number of rotatable bonds is 9. The number of para-hydroxylation sites is 1. The zero-order valence-electron chi connectivity index (χ0n) is 20.3. The third-order valence-corrected chi connectivity index (χ3v) is 5.91. The van der Waals surface area contributed by atoms with Crippen LogP contribution in [0.1, 0.15) is 20.8 Å². The lowest BCUT2D eigenvalue weighted by molar-refractivity contribution is 0.0530. The Morgan fingerprint density at radius 3 is 2.46 bits per heavy atom. The van der Waals surface area contributed by atoms with Crippen LogP contribution in [0.15, 0.2) is 71.6 Å². The van der Waals surface area contributed by atoms with Crippen molar-refractivity contribution in [2.24, 2.45) is 0 Å². The number of ether oxygens (including phenoxy) is 2. The molecule has 4 N–H and O–H groups in total. The number of alkyl carbamates (subject to hydrolysis) is 1. The number of carbonyl (C=O) groups excluding carboxylic acids is 1. The summed E-state index contributed by atoms with van der Waals surface area (Å²) in [5, 5.41) is 16.1. The number of hydrogen-bond acceptors (Lipinski definition) is 7. The topological polar surface area (TPSA) is 115 Å². The maximum Gasteiger partial charge on any atom is 0.407 e. The van der Waals surface area contributed by atoms with Crippen LogP contribution in [0.2, 0.25) is 0 Å². The number of benzene rings is 3. The third kappa shape index (κ3) is 7.73. The monoisotopic (exact) mass is 497 g/mol. The Balaban J connectivity index is 1.64. The molecular formula is C26H31N3O5S. The Morgan fingerprint density at radius 1 is 1.00 bits per heavy atom. The highest BCUT2D eigenvalue weighted by Crippen LogP contribution is 2.34. The van der Waals surface area contributed by atoms with Gasteiger partial charge in [0.1, 0.15) is 22.7 Å². The van der Waals surface area contributed by atoms with Crippen molar-refractivity contribution in [3.8, 4) is 22.6 Å². The van der Waals surface area contributed by atoms with Crippen LogP contribution in [0.3, 0.4) is 0 Å². The number of anilines is 2. The second kappa shape index (κ2) is 11.7. The summed E-state index contributed by atoms with van der Waals surface area (Å²) in [5.74, 6) is 0.611. The molecule has 0 heterocycles. The minimum atomic E-state index is -1.63. The first-order valence-corrected chi connectivity index (χ1v) is 12.3. The molecule has 3 aromatic rings. The lowest BCUT2D eigenvalue weighted by atomic mass is 10.0. The van der Waals surface area contributed by atoms with Gasteiger partial charge in [-0.3, -0.25) is 0 Å². The first kappa shape index (κ1) is 26.1. The van der Waals surface area contributed by atoms with Crippen LogP contribution in [0.5, 0.6) is 11.5 Å². The van der Waals surface area contributed by atoms with Crippen molar-refractivity contribution in [3.05, 3.63) is 66.7 Å². The first-order valence-electron chi connectivity index (χ1n) is 11.1. The van der Waals surface area contributed by atoms with Gasteiger partial charge in [-0.2, -0.15) is 0 Å². The van der Waals surface area contributed by atoms with Crippen LogP contribution in [0.4, 0.5) is 16.2 Å². The normalized spacial score (nSPS) is 11.9. The smallest absolute Gasteiger partial charge is 0.407 e. The molecule has 0 aliphatic carbocycles. The van der Waals surface area contributed by atoms with Crippen LogP contribution >= 0.6 is 0 Å². The molecule has 0 aliphatic heterocycles. The molecule has 9 heteroatoms. The van der Waals surface area contributed by atoms with Gasteiger partial charge in [0.05, 0.1) is 12.8 Å². The van der Waals surface area contributed by atoms with Crippen molar-refractivity contribution in [2.75, 3.05) is 30.2 Å². The summed E-state index contributed by atoms with van der Waals surface area (Å²) in [7, 11) is 1.52. The standard InChI is InChI=1S/C26H31N3O5S/c1-26(2,3)34-25(31)28-15-14-27-19-8-7-9-20(17-19)29-35(32)24-16-18(12-13-23(24)33-4)21-10-5-6-11-22(21)30/h5-13,16-17,27,29-30H,14-15H2,1-4H3,(H,28,31). The van der Waals surface area contributed by atoms with Crippen LogP contribution in [-0.4, -0.2) is 41.6 Å². The molecule has 0 aliphatic rings. The SMILES string of the molecule is COc1ccc(-c2ccccc2O)cc1[S+]([O-])Nc1cccc(NCCNC(=O)OC(C)(C)C)c1. The van der Waals surface area contributed by atoms with E-state index in [1.54, 1.807) is 36.4 Å². The Kier molecular flexibility index (Phi) is 8.73. The number of amides is 1. The fourth-order valence-electron chi connectivity index (χ4n) is 3.25. The number of hydrogen-bond donors (Lipinski definition) is 4. The van der Waals surface area contributed by atoms with E-state index in [0.29, 0.717) is 35.0 Å². The minimum Gasteiger partial charge on any atom is -0.588 e. The highest BCUT2D eigenvalue weighted by Gasteiger charge is 2.20. The highest BCUT2D eigenvalue weighted by atomic mass is 32.2. The lowest BCUT2D eigenvalue weighted by Crippen LogP contribution is -2.34. The molecule has 3 rings (SSSR count). The maximum atomic E-state index is 13.2. The van der Waals surface area contributed by atoms with E-state index in [1.165, 1.54) is 7.11 Å². The van der Waals surface area contributed by atoms with Gasteiger partial charge in [-0.1, -0.05) is 30.3 Å². The molecule has 186 valence electrons. The number of nitrogens with one attached hydrogen (secondary N) is 3. The predicted octanol–water partition coefficient (Wildman–Crippen LogP) is 5.14. The van der Waals surface area contributed by atoms with Gasteiger partial charge >= 0.3 is 6.09 Å². The number of phenolic OH excluding ortho intramolecular Hbond substituents is 1. The van der Waals surface area contributed by atoms with Crippen molar-refractivity contribution >= 4 is 28.8 Å². The second-order valence-electron chi connectivity index (χ2n) is 8.69. The van der Waals surface area contributed by atoms with E-state index in [0.717, 1.165) is 11.3 Å². The number of carbonyl (C=O) groups is 1. The molecule has 0 spiro atoms. The lowest BCUT2D eigenvalue weighted by Gasteiger charge is -2.19. The first-order chi connectivity index (χ1) is 16.7. The third-order valence-electron chi connectivity index (χ3n) is 4.77. The molecule has 0 aromatic heterocycles. The van der Waals surface area contributed by atoms with Gasteiger partial charge in [-0.15, -0.1) is 0 Å². The van der Waals surface area contributed by atoms with Crippen LogP contribution in [0, 0.1) is 0 Å². The Labute approximate surface area is 209 Å². The van der Waals surface area contributed by atoms with Crippen LogP contribution in [-0.2, 0) is 16.1 Å². The Hall–Kier alpha value is -3.56. The zero-order valence-corrected chi connectivity index (χ0v) is 21.1. The zero-order chi connectivity index (χ0) is 25.4. The van der Waals surface area contributed by atoms with Crippen molar-refractivity contribution < 1.29 is 23.9 Å². The summed E-state index contributed by atoms with van der Waals surface area (Å²) < 4.78 is 26.8.